The summed E-state index contributed by atoms with van der Waals surface area (Å²) in [6.45, 7) is 2.08. The van der Waals surface area contributed by atoms with E-state index in [1.807, 2.05) is 48.4 Å². The first-order valence-electron chi connectivity index (χ1n) is 5.60. The van der Waals surface area contributed by atoms with Crippen molar-refractivity contribution >= 4 is 10.9 Å². The molecule has 2 aromatic heterocycles. The molecule has 0 bridgehead atoms. The van der Waals surface area contributed by atoms with E-state index >= 15 is 0 Å². The number of nitrogens with zero attached hydrogens (tertiary/aromatic N) is 3. The third-order valence-corrected chi connectivity index (χ3v) is 2.92. The van der Waals surface area contributed by atoms with Gasteiger partial charge >= 0.3 is 0 Å². The van der Waals surface area contributed by atoms with E-state index in [1.54, 1.807) is 0 Å². The molecule has 0 saturated heterocycles. The highest BCUT2D eigenvalue weighted by molar-refractivity contribution is 5.93. The third-order valence-electron chi connectivity index (χ3n) is 2.92. The average Bonchev–Trinajstić information content (AvgIpc) is 2.68. The Bertz CT molecular complexity index is 678. The first-order chi connectivity index (χ1) is 8.25. The van der Waals surface area contributed by atoms with Gasteiger partial charge in [-0.2, -0.15) is 5.10 Å². The van der Waals surface area contributed by atoms with Crippen molar-refractivity contribution in [2.45, 2.75) is 6.92 Å². The summed E-state index contributed by atoms with van der Waals surface area (Å²) in [6, 6.07) is 10.2. The molecule has 17 heavy (non-hydrogen) atoms. The maximum absolute atomic E-state index is 4.52. The largest absolute Gasteiger partial charge is 0.275 e. The van der Waals surface area contributed by atoms with Crippen LogP contribution in [0.4, 0.5) is 0 Å². The minimum Gasteiger partial charge on any atom is -0.275 e. The van der Waals surface area contributed by atoms with Crippen LogP contribution in [0.25, 0.3) is 22.2 Å². The predicted molar refractivity (Wildman–Crippen MR) is 68.7 cm³/mol. The van der Waals surface area contributed by atoms with Crippen molar-refractivity contribution in [2.75, 3.05) is 0 Å². The Balaban J connectivity index is 2.34. The molecule has 3 heteroatoms. The molecule has 3 rings (SSSR count). The molecule has 0 N–H and O–H groups in total. The second-order valence-electron chi connectivity index (χ2n) is 4.21. The van der Waals surface area contributed by atoms with Crippen LogP contribution in [0.1, 0.15) is 5.56 Å². The lowest BCUT2D eigenvalue weighted by atomic mass is 10.0. The topological polar surface area (TPSA) is 30.7 Å². The van der Waals surface area contributed by atoms with Crippen molar-refractivity contribution in [1.82, 2.24) is 14.8 Å². The van der Waals surface area contributed by atoms with Gasteiger partial charge in [0.2, 0.25) is 0 Å². The van der Waals surface area contributed by atoms with Crippen LogP contribution < -0.4 is 0 Å². The van der Waals surface area contributed by atoms with Crippen LogP contribution in [-0.2, 0) is 7.05 Å². The highest BCUT2D eigenvalue weighted by Gasteiger charge is 2.09. The van der Waals surface area contributed by atoms with Crippen molar-refractivity contribution in [3.05, 3.63) is 48.3 Å². The molecule has 0 aliphatic carbocycles. The van der Waals surface area contributed by atoms with E-state index in [4.69, 9.17) is 0 Å². The Kier molecular flexibility index (Phi) is 2.18. The molecule has 0 spiro atoms. The molecule has 0 radical (unpaired) electrons. The lowest BCUT2D eigenvalue weighted by Gasteiger charge is -2.03. The molecular formula is C14H13N3. The second-order valence-corrected chi connectivity index (χ2v) is 4.21. The van der Waals surface area contributed by atoms with Crippen LogP contribution >= 0.6 is 0 Å². The zero-order valence-electron chi connectivity index (χ0n) is 9.88. The van der Waals surface area contributed by atoms with Crippen molar-refractivity contribution in [1.29, 1.82) is 0 Å². The number of aryl methyl sites for hydroxylation is 2. The molecule has 2 heterocycles. The van der Waals surface area contributed by atoms with Gasteiger partial charge in [0, 0.05) is 30.4 Å². The number of hydrogen-bond acceptors (Lipinski definition) is 2. The fraction of sp³-hybridized carbons (Fsp3) is 0.143. The summed E-state index contributed by atoms with van der Waals surface area (Å²) in [6.07, 6.45) is 3.87. The molecule has 0 fully saturated rings. The lowest BCUT2D eigenvalue weighted by molar-refractivity contribution is 0.770. The minimum atomic E-state index is 1.01. The molecule has 0 unspecified atom stereocenters. The fourth-order valence-corrected chi connectivity index (χ4v) is 2.18. The van der Waals surface area contributed by atoms with Crippen molar-refractivity contribution in [3.8, 4) is 11.3 Å². The number of rotatable bonds is 1. The van der Waals surface area contributed by atoms with E-state index in [-0.39, 0.29) is 0 Å². The van der Waals surface area contributed by atoms with Crippen molar-refractivity contribution in [2.24, 2.45) is 7.05 Å². The molecule has 0 aliphatic rings. The Hall–Kier alpha value is -2.16. The Morgan fingerprint density at radius 3 is 2.71 bits per heavy atom. The zero-order chi connectivity index (χ0) is 11.8. The second kappa shape index (κ2) is 3.70. The first kappa shape index (κ1) is 10.0. The molecule has 3 nitrogen and oxygen atoms in total. The lowest BCUT2D eigenvalue weighted by Crippen LogP contribution is -1.89. The summed E-state index contributed by atoms with van der Waals surface area (Å²) in [4.78, 5) is 4.37. The van der Waals surface area contributed by atoms with Crippen LogP contribution in [0.3, 0.4) is 0 Å². The van der Waals surface area contributed by atoms with Gasteiger partial charge in [-0.3, -0.25) is 9.67 Å². The van der Waals surface area contributed by atoms with E-state index in [2.05, 4.69) is 23.1 Å². The summed E-state index contributed by atoms with van der Waals surface area (Å²) >= 11 is 0. The van der Waals surface area contributed by atoms with Crippen molar-refractivity contribution in [3.63, 3.8) is 0 Å². The van der Waals surface area contributed by atoms with Crippen LogP contribution in [0, 0.1) is 6.92 Å². The monoisotopic (exact) mass is 223 g/mol. The van der Waals surface area contributed by atoms with Gasteiger partial charge in [-0.25, -0.2) is 0 Å². The normalized spacial score (nSPS) is 10.9. The fourth-order valence-electron chi connectivity index (χ4n) is 2.18. The van der Waals surface area contributed by atoms with Gasteiger partial charge in [-0.1, -0.05) is 18.2 Å². The van der Waals surface area contributed by atoms with Crippen LogP contribution in [-0.4, -0.2) is 14.8 Å². The molecular weight excluding hydrogens is 210 g/mol. The number of pyridine rings is 1. The van der Waals surface area contributed by atoms with Gasteiger partial charge in [0.05, 0.1) is 11.2 Å². The van der Waals surface area contributed by atoms with E-state index in [1.165, 1.54) is 5.56 Å². The van der Waals surface area contributed by atoms with E-state index < -0.39 is 0 Å². The molecule has 0 aliphatic heterocycles. The Morgan fingerprint density at radius 2 is 1.94 bits per heavy atom. The average molecular weight is 223 g/mol. The predicted octanol–water partition coefficient (Wildman–Crippen LogP) is 2.94. The van der Waals surface area contributed by atoms with E-state index in [0.29, 0.717) is 0 Å². The molecule has 1 aromatic carbocycles. The summed E-state index contributed by atoms with van der Waals surface area (Å²) in [5.41, 5.74) is 4.37. The smallest absolute Gasteiger partial charge is 0.0959 e. The minimum absolute atomic E-state index is 1.01. The molecule has 3 aromatic rings. The molecule has 84 valence electrons. The standard InChI is InChI=1S/C14H13N3/c1-10-9-17(2)16-14(10)12-7-8-15-13-6-4-3-5-11(12)13/h3-9H,1-2H3. The Morgan fingerprint density at radius 1 is 1.12 bits per heavy atom. The van der Waals surface area contributed by atoms with E-state index in [9.17, 15) is 0 Å². The first-order valence-corrected chi connectivity index (χ1v) is 5.60. The number of aromatic nitrogens is 3. The highest BCUT2D eigenvalue weighted by Crippen LogP contribution is 2.27. The number of hydrogen-bond donors (Lipinski definition) is 0. The molecule has 0 amide bonds. The quantitative estimate of drug-likeness (QED) is 0.635. The molecule has 0 saturated carbocycles. The maximum atomic E-state index is 4.52. The number of fused-ring (bicyclic) bond motifs is 1. The highest BCUT2D eigenvalue weighted by atomic mass is 15.2. The van der Waals surface area contributed by atoms with Gasteiger partial charge in [0.25, 0.3) is 0 Å². The van der Waals surface area contributed by atoms with Gasteiger partial charge in [0.15, 0.2) is 0 Å². The van der Waals surface area contributed by atoms with Gasteiger partial charge in [0.1, 0.15) is 0 Å². The number of para-hydroxylation sites is 1. The van der Waals surface area contributed by atoms with Gasteiger partial charge in [-0.05, 0) is 24.6 Å². The zero-order valence-corrected chi connectivity index (χ0v) is 9.88. The van der Waals surface area contributed by atoms with Crippen molar-refractivity contribution < 1.29 is 0 Å². The van der Waals surface area contributed by atoms with Crippen LogP contribution in [0.15, 0.2) is 42.7 Å². The summed E-state index contributed by atoms with van der Waals surface area (Å²) in [5.74, 6) is 0. The summed E-state index contributed by atoms with van der Waals surface area (Å²) < 4.78 is 1.85. The van der Waals surface area contributed by atoms with Gasteiger partial charge in [-0.15, -0.1) is 0 Å². The van der Waals surface area contributed by atoms with Crippen LogP contribution in [0.5, 0.6) is 0 Å². The van der Waals surface area contributed by atoms with Crippen LogP contribution in [0.2, 0.25) is 0 Å². The van der Waals surface area contributed by atoms with Gasteiger partial charge < -0.3 is 0 Å². The third kappa shape index (κ3) is 1.60. The SMILES string of the molecule is Cc1cn(C)nc1-c1ccnc2ccccc12. The Labute approximate surface area is 99.7 Å². The summed E-state index contributed by atoms with van der Waals surface area (Å²) in [5, 5.41) is 5.67. The maximum Gasteiger partial charge on any atom is 0.0959 e. The number of benzene rings is 1. The molecule has 0 atom stereocenters. The van der Waals surface area contributed by atoms with E-state index in [0.717, 1.165) is 22.2 Å². The summed E-state index contributed by atoms with van der Waals surface area (Å²) in [7, 11) is 1.94.